The van der Waals surface area contributed by atoms with Crippen LogP contribution in [0.1, 0.15) is 58.7 Å². The van der Waals surface area contributed by atoms with Crippen molar-refractivity contribution in [3.05, 3.63) is 70.7 Å². The second-order valence-corrected chi connectivity index (χ2v) is 9.58. The maximum absolute atomic E-state index is 13.5. The number of carboxylic acids is 1. The van der Waals surface area contributed by atoms with Crippen molar-refractivity contribution < 1.29 is 32.7 Å². The maximum Gasteiger partial charge on any atom is 0.455 e. The number of hydrogen-bond acceptors (Lipinski definition) is 6. The Bertz CT molecular complexity index is 1610. The van der Waals surface area contributed by atoms with Gasteiger partial charge in [0.05, 0.1) is 6.54 Å². The number of amides is 2. The highest BCUT2D eigenvalue weighted by Crippen LogP contribution is 2.28. The molecule has 14 heteroatoms. The Kier molecular flexibility index (Phi) is 8.40. The van der Waals surface area contributed by atoms with Crippen LogP contribution in [0, 0.1) is 6.92 Å². The Morgan fingerprint density at radius 3 is 2.54 bits per heavy atom. The van der Waals surface area contributed by atoms with Crippen molar-refractivity contribution in [3.8, 4) is 0 Å². The van der Waals surface area contributed by atoms with Gasteiger partial charge in [-0.15, -0.1) is 10.2 Å². The fourth-order valence-electron chi connectivity index (χ4n) is 4.47. The molecule has 4 rings (SSSR count). The molecule has 0 bridgehead atoms. The number of nitrogens with one attached hydrogen (secondary N) is 2. The lowest BCUT2D eigenvalue weighted by molar-refractivity contribution is -0.145. The smallest absolute Gasteiger partial charge is 0.455 e. The number of benzene rings is 2. The van der Waals surface area contributed by atoms with Crippen molar-refractivity contribution in [2.75, 3.05) is 12.4 Å². The van der Waals surface area contributed by atoms with E-state index in [-0.39, 0.29) is 24.8 Å². The molecule has 2 amide bonds. The monoisotopic (exact) mass is 571 g/mol. The third kappa shape index (κ3) is 6.70. The molecule has 41 heavy (non-hydrogen) atoms. The third-order valence-corrected chi connectivity index (χ3v) is 6.62. The zero-order valence-corrected chi connectivity index (χ0v) is 22.5. The lowest BCUT2D eigenvalue weighted by atomic mass is 10.0. The Hall–Kier alpha value is -4.75. The highest BCUT2D eigenvalue weighted by molar-refractivity contribution is 6.00. The minimum atomic E-state index is -4.73. The van der Waals surface area contributed by atoms with Crippen LogP contribution in [0.25, 0.3) is 10.9 Å². The molecule has 11 nitrogen and oxygen atoms in total. The number of carbonyl (C=O) groups is 3. The van der Waals surface area contributed by atoms with Crippen LogP contribution in [0.5, 0.6) is 0 Å². The van der Waals surface area contributed by atoms with Gasteiger partial charge in [0.15, 0.2) is 0 Å². The van der Waals surface area contributed by atoms with Crippen LogP contribution in [0.15, 0.2) is 42.6 Å². The highest BCUT2D eigenvalue weighted by Gasteiger charge is 2.36. The lowest BCUT2D eigenvalue weighted by Crippen LogP contribution is -2.24. The minimum Gasteiger partial charge on any atom is -0.481 e. The molecule has 0 saturated heterocycles. The zero-order valence-electron chi connectivity index (χ0n) is 22.5. The van der Waals surface area contributed by atoms with E-state index in [1.807, 2.05) is 19.2 Å². The Labute approximate surface area is 232 Å². The standard InChI is InChI=1S/C27H28F3N7O4/c1-15-13-36(22-12-19(25(41)31-3)9-10-20(15)22)16(2)24(40)32-21-11-17(7-8-18(21)5-4-6-23(38)39)14-37-34-26(33-35-37)27(28,29)30/h7-13,16H,4-6,14H2,1-3H3,(H,31,41)(H,32,40)(H,38,39). The quantitative estimate of drug-likeness (QED) is 0.261. The molecule has 3 N–H and O–H groups in total. The van der Waals surface area contributed by atoms with Crippen LogP contribution >= 0.6 is 0 Å². The van der Waals surface area contributed by atoms with Gasteiger partial charge >= 0.3 is 12.1 Å². The van der Waals surface area contributed by atoms with Crippen LogP contribution in [0.4, 0.5) is 18.9 Å². The molecule has 0 saturated carbocycles. The third-order valence-electron chi connectivity index (χ3n) is 6.62. The van der Waals surface area contributed by atoms with E-state index in [1.54, 1.807) is 41.8 Å². The lowest BCUT2D eigenvalue weighted by Gasteiger charge is -2.18. The van der Waals surface area contributed by atoms with E-state index >= 15 is 0 Å². The fourth-order valence-corrected chi connectivity index (χ4v) is 4.47. The van der Waals surface area contributed by atoms with Crippen LogP contribution in [-0.2, 0) is 28.7 Å². The number of hydrogen-bond donors (Lipinski definition) is 3. The summed E-state index contributed by atoms with van der Waals surface area (Å²) in [6.45, 7) is 3.46. The first kappa shape index (κ1) is 29.2. The number of aryl methyl sites for hydroxylation is 2. The SMILES string of the molecule is CNC(=O)c1ccc2c(C)cn(C(C)C(=O)Nc3cc(Cn4nnc(C(F)(F)F)n4)ccc3CCCC(=O)O)c2c1. The van der Waals surface area contributed by atoms with E-state index in [9.17, 15) is 27.6 Å². The van der Waals surface area contributed by atoms with Gasteiger partial charge in [-0.05, 0) is 66.8 Å². The summed E-state index contributed by atoms with van der Waals surface area (Å²) in [6, 6.07) is 9.46. The largest absolute Gasteiger partial charge is 0.481 e. The van der Waals surface area contributed by atoms with E-state index in [2.05, 4.69) is 26.0 Å². The van der Waals surface area contributed by atoms with E-state index < -0.39 is 24.0 Å². The van der Waals surface area contributed by atoms with Crippen molar-refractivity contribution in [2.45, 2.75) is 51.9 Å². The number of aliphatic carboxylic acids is 1. The summed E-state index contributed by atoms with van der Waals surface area (Å²) in [5, 5.41) is 25.3. The molecule has 0 spiro atoms. The Morgan fingerprint density at radius 2 is 1.88 bits per heavy atom. The Morgan fingerprint density at radius 1 is 1.12 bits per heavy atom. The highest BCUT2D eigenvalue weighted by atomic mass is 19.4. The maximum atomic E-state index is 13.5. The van der Waals surface area contributed by atoms with Gasteiger partial charge < -0.3 is 20.3 Å². The van der Waals surface area contributed by atoms with E-state index in [0.717, 1.165) is 15.7 Å². The normalized spacial score (nSPS) is 12.3. The van der Waals surface area contributed by atoms with E-state index in [1.165, 1.54) is 7.05 Å². The Balaban J connectivity index is 1.62. The van der Waals surface area contributed by atoms with Crippen LogP contribution in [-0.4, -0.2) is 54.7 Å². The molecule has 0 radical (unpaired) electrons. The van der Waals surface area contributed by atoms with Crippen molar-refractivity contribution >= 4 is 34.4 Å². The molecule has 1 atom stereocenters. The first-order chi connectivity index (χ1) is 19.4. The second-order valence-electron chi connectivity index (χ2n) is 9.58. The summed E-state index contributed by atoms with van der Waals surface area (Å²) in [4.78, 5) is 37.5. The average molecular weight is 572 g/mol. The molecule has 2 heterocycles. The average Bonchev–Trinajstić information content (AvgIpc) is 3.53. The molecule has 2 aromatic heterocycles. The predicted octanol–water partition coefficient (Wildman–Crippen LogP) is 3.97. The van der Waals surface area contributed by atoms with Gasteiger partial charge in [0, 0.05) is 41.8 Å². The number of anilines is 1. The van der Waals surface area contributed by atoms with Crippen LogP contribution in [0.2, 0.25) is 0 Å². The zero-order chi connectivity index (χ0) is 29.9. The van der Waals surface area contributed by atoms with Gasteiger partial charge in [-0.1, -0.05) is 18.2 Å². The number of rotatable bonds is 10. The summed E-state index contributed by atoms with van der Waals surface area (Å²) in [6.07, 6.45) is -2.32. The van der Waals surface area contributed by atoms with Gasteiger partial charge in [0.1, 0.15) is 6.04 Å². The number of nitrogens with zero attached hydrogens (tertiary/aromatic N) is 5. The number of alkyl halides is 3. The first-order valence-electron chi connectivity index (χ1n) is 12.7. The number of carboxylic acid groups (broad SMARTS) is 1. The van der Waals surface area contributed by atoms with Gasteiger partial charge in [-0.3, -0.25) is 14.4 Å². The van der Waals surface area contributed by atoms with Crippen molar-refractivity contribution in [3.63, 3.8) is 0 Å². The summed E-state index contributed by atoms with van der Waals surface area (Å²) >= 11 is 0. The van der Waals surface area contributed by atoms with Gasteiger partial charge in [-0.2, -0.15) is 18.0 Å². The summed E-state index contributed by atoms with van der Waals surface area (Å²) in [5.74, 6) is -2.97. The minimum absolute atomic E-state index is 0.0725. The van der Waals surface area contributed by atoms with Gasteiger partial charge in [-0.25, -0.2) is 0 Å². The number of aromatic nitrogens is 5. The van der Waals surface area contributed by atoms with Gasteiger partial charge in [0.2, 0.25) is 5.91 Å². The van der Waals surface area contributed by atoms with Crippen LogP contribution < -0.4 is 10.6 Å². The molecule has 1 unspecified atom stereocenters. The molecule has 4 aromatic rings. The van der Waals surface area contributed by atoms with E-state index in [0.29, 0.717) is 40.7 Å². The molecular formula is C27H28F3N7O4. The molecular weight excluding hydrogens is 543 g/mol. The van der Waals surface area contributed by atoms with Crippen molar-refractivity contribution in [1.82, 2.24) is 30.1 Å². The second kappa shape index (κ2) is 11.8. The topological polar surface area (TPSA) is 144 Å². The number of fused-ring (bicyclic) bond motifs is 1. The predicted molar refractivity (Wildman–Crippen MR) is 142 cm³/mol. The summed E-state index contributed by atoms with van der Waals surface area (Å²) in [5.41, 5.74) is 3.60. The van der Waals surface area contributed by atoms with E-state index in [4.69, 9.17) is 5.11 Å². The molecule has 2 aromatic carbocycles. The molecule has 0 aliphatic carbocycles. The number of carbonyl (C=O) groups excluding carboxylic acids is 2. The summed E-state index contributed by atoms with van der Waals surface area (Å²) < 4.78 is 40.4. The van der Waals surface area contributed by atoms with Crippen molar-refractivity contribution in [2.24, 2.45) is 0 Å². The van der Waals surface area contributed by atoms with Crippen molar-refractivity contribution in [1.29, 1.82) is 0 Å². The molecule has 0 aliphatic rings. The first-order valence-corrected chi connectivity index (χ1v) is 12.7. The fraction of sp³-hybridized carbons (Fsp3) is 0.333. The molecule has 0 aliphatic heterocycles. The molecule has 0 fully saturated rings. The molecule has 216 valence electrons. The number of halogens is 3. The van der Waals surface area contributed by atoms with Gasteiger partial charge in [0.25, 0.3) is 11.7 Å². The van der Waals surface area contributed by atoms with Crippen LogP contribution in [0.3, 0.4) is 0 Å². The summed E-state index contributed by atoms with van der Waals surface area (Å²) in [7, 11) is 1.53. The number of tetrazole rings is 1.